The van der Waals surface area contributed by atoms with Gasteiger partial charge in [0, 0.05) is 12.8 Å². The fourth-order valence-corrected chi connectivity index (χ4v) is 4.41. The molecule has 2 N–H and O–H groups in total. The third-order valence-electron chi connectivity index (χ3n) is 6.78. The molecule has 0 aliphatic carbocycles. The molecule has 1 unspecified atom stereocenters. The van der Waals surface area contributed by atoms with Crippen molar-refractivity contribution in [3.05, 3.63) is 48.6 Å². The quantitative estimate of drug-likeness (QED) is 0.0553. The van der Waals surface area contributed by atoms with E-state index < -0.39 is 5.97 Å². The SMILES string of the molecule is CC/C=C\C/C=C\C/C=C\C/C=C\CCC(=O)OC(CCCCCCCC)CCCCCCCC(=O)NCC(=O)O. The predicted octanol–water partition coefficient (Wildman–Crippen LogP) is 9.17. The number of allylic oxidation sites excluding steroid dienone is 8. The first-order valence-electron chi connectivity index (χ1n) is 16.3. The van der Waals surface area contributed by atoms with Crippen LogP contribution in [0.15, 0.2) is 48.6 Å². The topological polar surface area (TPSA) is 92.7 Å². The van der Waals surface area contributed by atoms with Crippen LogP contribution in [0.5, 0.6) is 0 Å². The summed E-state index contributed by atoms with van der Waals surface area (Å²) in [6.45, 7) is 4.05. The van der Waals surface area contributed by atoms with E-state index in [1.165, 1.54) is 32.1 Å². The summed E-state index contributed by atoms with van der Waals surface area (Å²) in [5.74, 6) is -1.33. The van der Waals surface area contributed by atoms with Gasteiger partial charge < -0.3 is 15.2 Å². The Morgan fingerprint density at radius 2 is 1.17 bits per heavy atom. The van der Waals surface area contributed by atoms with E-state index in [0.29, 0.717) is 19.3 Å². The van der Waals surface area contributed by atoms with Gasteiger partial charge in [0.05, 0.1) is 0 Å². The van der Waals surface area contributed by atoms with Crippen molar-refractivity contribution in [1.29, 1.82) is 0 Å². The van der Waals surface area contributed by atoms with Gasteiger partial charge in [0.2, 0.25) is 5.91 Å². The summed E-state index contributed by atoms with van der Waals surface area (Å²) in [4.78, 5) is 34.6. The Morgan fingerprint density at radius 1 is 0.659 bits per heavy atom. The van der Waals surface area contributed by atoms with Crippen LogP contribution in [0.1, 0.15) is 142 Å². The van der Waals surface area contributed by atoms with Gasteiger partial charge in [-0.05, 0) is 64.2 Å². The highest BCUT2D eigenvalue weighted by Gasteiger charge is 2.14. The second kappa shape index (κ2) is 30.3. The zero-order valence-electron chi connectivity index (χ0n) is 26.1. The lowest BCUT2D eigenvalue weighted by Crippen LogP contribution is -2.28. The molecule has 6 nitrogen and oxygen atoms in total. The van der Waals surface area contributed by atoms with E-state index in [0.717, 1.165) is 77.0 Å². The minimum atomic E-state index is -1.02. The number of ether oxygens (including phenoxy) is 1. The van der Waals surface area contributed by atoms with Crippen LogP contribution in [0.4, 0.5) is 0 Å². The van der Waals surface area contributed by atoms with Crippen molar-refractivity contribution in [2.75, 3.05) is 6.54 Å². The van der Waals surface area contributed by atoms with E-state index in [1.807, 2.05) is 0 Å². The highest BCUT2D eigenvalue weighted by atomic mass is 16.5. The van der Waals surface area contributed by atoms with E-state index >= 15 is 0 Å². The van der Waals surface area contributed by atoms with Crippen LogP contribution in [-0.2, 0) is 19.1 Å². The summed E-state index contributed by atoms with van der Waals surface area (Å²) < 4.78 is 5.89. The predicted molar refractivity (Wildman–Crippen MR) is 171 cm³/mol. The molecule has 0 saturated heterocycles. The molecule has 0 rings (SSSR count). The summed E-state index contributed by atoms with van der Waals surface area (Å²) in [5.41, 5.74) is 0. The van der Waals surface area contributed by atoms with Gasteiger partial charge in [-0.2, -0.15) is 0 Å². The molecule has 0 aromatic carbocycles. The molecular weight excluding hydrogens is 514 g/mol. The number of unbranched alkanes of at least 4 members (excludes halogenated alkanes) is 9. The molecule has 0 aromatic rings. The van der Waals surface area contributed by atoms with Crippen LogP contribution in [0.2, 0.25) is 0 Å². The van der Waals surface area contributed by atoms with Gasteiger partial charge in [0.15, 0.2) is 0 Å². The molecule has 0 spiro atoms. The minimum Gasteiger partial charge on any atom is -0.480 e. The second-order valence-electron chi connectivity index (χ2n) is 10.7. The van der Waals surface area contributed by atoms with Gasteiger partial charge in [-0.25, -0.2) is 0 Å². The van der Waals surface area contributed by atoms with E-state index in [4.69, 9.17) is 9.84 Å². The van der Waals surface area contributed by atoms with E-state index in [9.17, 15) is 14.4 Å². The zero-order valence-corrected chi connectivity index (χ0v) is 26.1. The molecule has 0 saturated carbocycles. The molecule has 0 bridgehead atoms. The number of aliphatic carboxylic acids is 1. The monoisotopic (exact) mass is 573 g/mol. The second-order valence-corrected chi connectivity index (χ2v) is 10.7. The van der Waals surface area contributed by atoms with Crippen molar-refractivity contribution >= 4 is 17.8 Å². The molecule has 1 atom stereocenters. The van der Waals surface area contributed by atoms with Crippen molar-refractivity contribution in [3.63, 3.8) is 0 Å². The molecule has 6 heteroatoms. The van der Waals surface area contributed by atoms with Crippen LogP contribution < -0.4 is 5.32 Å². The number of rotatable bonds is 28. The summed E-state index contributed by atoms with van der Waals surface area (Å²) in [6.07, 6.45) is 36.6. The lowest BCUT2D eigenvalue weighted by atomic mass is 10.0. The van der Waals surface area contributed by atoms with E-state index in [-0.39, 0.29) is 24.5 Å². The third-order valence-corrected chi connectivity index (χ3v) is 6.78. The number of hydrogen-bond acceptors (Lipinski definition) is 4. The van der Waals surface area contributed by atoms with Gasteiger partial charge in [-0.3, -0.25) is 14.4 Å². The summed E-state index contributed by atoms with van der Waals surface area (Å²) in [5, 5.41) is 11.0. The summed E-state index contributed by atoms with van der Waals surface area (Å²) in [6, 6.07) is 0. The fraction of sp³-hybridized carbons (Fsp3) is 0.686. The standard InChI is InChI=1S/C35H59NO5/c1-3-5-7-9-11-12-13-14-15-16-17-22-26-30-35(40)41-32(27-23-19-10-8-6-4-2)28-24-20-18-21-25-29-33(37)36-31-34(38)39/h5,7,11-12,14-15,17,22,32H,3-4,6,8-10,13,16,18-21,23-31H2,1-2H3,(H,36,37)(H,38,39)/b7-5-,12-11-,15-14-,22-17-. The molecular formula is C35H59NO5. The smallest absolute Gasteiger partial charge is 0.322 e. The van der Waals surface area contributed by atoms with Gasteiger partial charge in [-0.15, -0.1) is 0 Å². The van der Waals surface area contributed by atoms with Crippen molar-refractivity contribution in [1.82, 2.24) is 5.32 Å². The number of esters is 1. The number of nitrogens with one attached hydrogen (secondary N) is 1. The Morgan fingerprint density at radius 3 is 1.73 bits per heavy atom. The first-order chi connectivity index (χ1) is 20.0. The highest BCUT2D eigenvalue weighted by molar-refractivity contribution is 5.80. The zero-order chi connectivity index (χ0) is 30.2. The Hall–Kier alpha value is -2.63. The lowest BCUT2D eigenvalue weighted by Gasteiger charge is -2.18. The van der Waals surface area contributed by atoms with Crippen molar-refractivity contribution in [2.24, 2.45) is 0 Å². The normalized spacial score (nSPS) is 12.6. The van der Waals surface area contributed by atoms with Crippen molar-refractivity contribution < 1.29 is 24.2 Å². The Labute approximate surface area is 250 Å². The van der Waals surface area contributed by atoms with Crippen LogP contribution in [-0.4, -0.2) is 35.6 Å². The molecule has 1 amide bonds. The molecule has 0 aliphatic heterocycles. The molecule has 0 radical (unpaired) electrons. The molecule has 0 aliphatic rings. The number of carboxylic acid groups (broad SMARTS) is 1. The number of carbonyl (C=O) groups is 3. The third kappa shape index (κ3) is 30.2. The van der Waals surface area contributed by atoms with Crippen molar-refractivity contribution in [2.45, 2.75) is 148 Å². The van der Waals surface area contributed by atoms with E-state index in [1.54, 1.807) is 0 Å². The Balaban J connectivity index is 4.22. The van der Waals surface area contributed by atoms with Gasteiger partial charge in [0.1, 0.15) is 12.6 Å². The van der Waals surface area contributed by atoms with Crippen LogP contribution in [0.3, 0.4) is 0 Å². The van der Waals surface area contributed by atoms with E-state index in [2.05, 4.69) is 67.8 Å². The summed E-state index contributed by atoms with van der Waals surface area (Å²) >= 11 is 0. The number of carboxylic acids is 1. The van der Waals surface area contributed by atoms with Crippen LogP contribution >= 0.6 is 0 Å². The maximum Gasteiger partial charge on any atom is 0.322 e. The van der Waals surface area contributed by atoms with Gasteiger partial charge in [-0.1, -0.05) is 114 Å². The highest BCUT2D eigenvalue weighted by Crippen LogP contribution is 2.18. The fourth-order valence-electron chi connectivity index (χ4n) is 4.41. The molecule has 41 heavy (non-hydrogen) atoms. The molecule has 0 fully saturated rings. The average Bonchev–Trinajstić information content (AvgIpc) is 2.95. The maximum atomic E-state index is 12.5. The molecule has 0 aromatic heterocycles. The van der Waals surface area contributed by atoms with Gasteiger partial charge >= 0.3 is 11.9 Å². The summed E-state index contributed by atoms with van der Waals surface area (Å²) in [7, 11) is 0. The Bertz CT molecular complexity index is 769. The van der Waals surface area contributed by atoms with Crippen LogP contribution in [0, 0.1) is 0 Å². The minimum absolute atomic E-state index is 0.00657. The van der Waals surface area contributed by atoms with Gasteiger partial charge in [0.25, 0.3) is 0 Å². The lowest BCUT2D eigenvalue weighted by molar-refractivity contribution is -0.149. The number of carbonyl (C=O) groups excluding carboxylic acids is 2. The molecule has 234 valence electrons. The van der Waals surface area contributed by atoms with Crippen LogP contribution in [0.25, 0.3) is 0 Å². The first kappa shape index (κ1) is 38.4. The maximum absolute atomic E-state index is 12.5. The van der Waals surface area contributed by atoms with Crippen molar-refractivity contribution in [3.8, 4) is 0 Å². The first-order valence-corrected chi connectivity index (χ1v) is 16.3. The number of amides is 1. The number of hydrogen-bond donors (Lipinski definition) is 2. The Kier molecular flexibility index (Phi) is 28.4. The molecule has 0 heterocycles. The largest absolute Gasteiger partial charge is 0.480 e. The average molecular weight is 574 g/mol.